The fourth-order valence-electron chi connectivity index (χ4n) is 3.96. The Morgan fingerprint density at radius 3 is 1.35 bits per heavy atom. The molecule has 1 nitrogen and oxygen atoms in total. The van der Waals surface area contributed by atoms with Gasteiger partial charge in [-0.15, -0.1) is 0 Å². The van der Waals surface area contributed by atoms with Crippen LogP contribution in [0.5, 0.6) is 0 Å². The lowest BCUT2D eigenvalue weighted by molar-refractivity contribution is 0.218. The first-order chi connectivity index (χ1) is 8.27. The summed E-state index contributed by atoms with van der Waals surface area (Å²) in [6, 6.07) is 1.49. The van der Waals surface area contributed by atoms with Crippen LogP contribution in [0.1, 0.15) is 78.1 Å². The van der Waals surface area contributed by atoms with Gasteiger partial charge >= 0.3 is 0 Å². The van der Waals surface area contributed by atoms with Crippen molar-refractivity contribution >= 4 is 0 Å². The third kappa shape index (κ3) is 3.98. The molecule has 2 rings (SSSR count). The van der Waals surface area contributed by atoms with E-state index < -0.39 is 0 Å². The van der Waals surface area contributed by atoms with Crippen molar-refractivity contribution in [2.24, 2.45) is 11.8 Å². The average Bonchev–Trinajstić information content (AvgIpc) is 2.40. The second kappa shape index (κ2) is 6.78. The lowest BCUT2D eigenvalue weighted by Gasteiger charge is -2.35. The first-order valence-corrected chi connectivity index (χ1v) is 8.03. The molecule has 0 heterocycles. The monoisotopic (exact) mass is 237 g/mol. The third-order valence-corrected chi connectivity index (χ3v) is 5.24. The summed E-state index contributed by atoms with van der Waals surface area (Å²) in [5.41, 5.74) is 0. The van der Waals surface area contributed by atoms with Gasteiger partial charge in [-0.3, -0.25) is 0 Å². The predicted molar refractivity (Wildman–Crippen MR) is 75.2 cm³/mol. The van der Waals surface area contributed by atoms with Crippen molar-refractivity contribution in [3.8, 4) is 0 Å². The van der Waals surface area contributed by atoms with Crippen LogP contribution < -0.4 is 5.32 Å². The predicted octanol–water partition coefficient (Wildman–Crippen LogP) is 4.51. The van der Waals surface area contributed by atoms with Crippen molar-refractivity contribution in [1.82, 2.24) is 5.32 Å². The molecule has 17 heavy (non-hydrogen) atoms. The van der Waals surface area contributed by atoms with E-state index >= 15 is 0 Å². The van der Waals surface area contributed by atoms with Gasteiger partial charge in [0.15, 0.2) is 0 Å². The van der Waals surface area contributed by atoms with Crippen LogP contribution in [0.15, 0.2) is 0 Å². The SMILES string of the molecule is CC(N[C@H](C)C1CCCCC1)C1CCCCC1. The van der Waals surface area contributed by atoms with Crippen molar-refractivity contribution in [2.45, 2.75) is 90.1 Å². The summed E-state index contributed by atoms with van der Waals surface area (Å²) in [5, 5.41) is 3.92. The summed E-state index contributed by atoms with van der Waals surface area (Å²) in [6.07, 6.45) is 14.7. The van der Waals surface area contributed by atoms with Crippen molar-refractivity contribution in [2.75, 3.05) is 0 Å². The zero-order valence-corrected chi connectivity index (χ0v) is 11.9. The molecule has 1 N–H and O–H groups in total. The summed E-state index contributed by atoms with van der Waals surface area (Å²) in [4.78, 5) is 0. The van der Waals surface area contributed by atoms with E-state index in [1.807, 2.05) is 0 Å². The van der Waals surface area contributed by atoms with E-state index in [4.69, 9.17) is 0 Å². The van der Waals surface area contributed by atoms with E-state index in [1.54, 1.807) is 0 Å². The van der Waals surface area contributed by atoms with Crippen LogP contribution in [0.2, 0.25) is 0 Å². The Bertz CT molecular complexity index is 180. The maximum absolute atomic E-state index is 3.92. The highest BCUT2D eigenvalue weighted by Gasteiger charge is 2.25. The van der Waals surface area contributed by atoms with Crippen molar-refractivity contribution < 1.29 is 0 Å². The Balaban J connectivity index is 1.74. The Morgan fingerprint density at radius 1 is 0.647 bits per heavy atom. The number of hydrogen-bond acceptors (Lipinski definition) is 1. The minimum absolute atomic E-state index is 0.743. The minimum Gasteiger partial charge on any atom is -0.311 e. The second-order valence-corrected chi connectivity index (χ2v) is 6.54. The average molecular weight is 237 g/mol. The van der Waals surface area contributed by atoms with E-state index in [-0.39, 0.29) is 0 Å². The van der Waals surface area contributed by atoms with Gasteiger partial charge in [0.05, 0.1) is 0 Å². The highest BCUT2D eigenvalue weighted by atomic mass is 15.0. The highest BCUT2D eigenvalue weighted by Crippen LogP contribution is 2.29. The van der Waals surface area contributed by atoms with Gasteiger partial charge in [-0.05, 0) is 51.4 Å². The Morgan fingerprint density at radius 2 is 1.00 bits per heavy atom. The smallest absolute Gasteiger partial charge is 0.00695 e. The van der Waals surface area contributed by atoms with Gasteiger partial charge in [0.2, 0.25) is 0 Å². The van der Waals surface area contributed by atoms with Crippen LogP contribution in [0.25, 0.3) is 0 Å². The zero-order chi connectivity index (χ0) is 12.1. The van der Waals surface area contributed by atoms with Gasteiger partial charge in [-0.2, -0.15) is 0 Å². The van der Waals surface area contributed by atoms with Crippen molar-refractivity contribution in [1.29, 1.82) is 0 Å². The first kappa shape index (κ1) is 13.4. The van der Waals surface area contributed by atoms with Crippen molar-refractivity contribution in [3.05, 3.63) is 0 Å². The quantitative estimate of drug-likeness (QED) is 0.758. The molecule has 0 aromatic carbocycles. The van der Waals surface area contributed by atoms with E-state index in [2.05, 4.69) is 19.2 Å². The summed E-state index contributed by atoms with van der Waals surface area (Å²) in [5.74, 6) is 1.91. The lowest BCUT2D eigenvalue weighted by Crippen LogP contribution is -2.44. The summed E-state index contributed by atoms with van der Waals surface area (Å²) in [7, 11) is 0. The molecule has 0 aromatic rings. The molecule has 0 saturated heterocycles. The number of hydrogen-bond donors (Lipinski definition) is 1. The first-order valence-electron chi connectivity index (χ1n) is 8.03. The molecule has 0 spiro atoms. The molecule has 0 amide bonds. The van der Waals surface area contributed by atoms with E-state index in [9.17, 15) is 0 Å². The molecule has 2 fully saturated rings. The van der Waals surface area contributed by atoms with Gasteiger partial charge < -0.3 is 5.32 Å². The zero-order valence-electron chi connectivity index (χ0n) is 11.9. The third-order valence-electron chi connectivity index (χ3n) is 5.24. The molecule has 1 unspecified atom stereocenters. The van der Waals surface area contributed by atoms with Gasteiger partial charge in [0.1, 0.15) is 0 Å². The number of rotatable bonds is 4. The molecule has 0 aliphatic heterocycles. The molecule has 0 aromatic heterocycles. The Hall–Kier alpha value is -0.0400. The molecule has 0 radical (unpaired) electrons. The van der Waals surface area contributed by atoms with Gasteiger partial charge in [0.25, 0.3) is 0 Å². The van der Waals surface area contributed by atoms with Crippen LogP contribution in [-0.4, -0.2) is 12.1 Å². The van der Waals surface area contributed by atoms with Crippen molar-refractivity contribution in [3.63, 3.8) is 0 Å². The molecule has 0 bridgehead atoms. The molecule has 100 valence electrons. The van der Waals surface area contributed by atoms with E-state index in [0.29, 0.717) is 0 Å². The molecule has 1 heteroatoms. The van der Waals surface area contributed by atoms with Crippen LogP contribution >= 0.6 is 0 Å². The Kier molecular flexibility index (Phi) is 5.34. The second-order valence-electron chi connectivity index (χ2n) is 6.54. The van der Waals surface area contributed by atoms with Crippen LogP contribution in [0.3, 0.4) is 0 Å². The maximum Gasteiger partial charge on any atom is 0.00695 e. The maximum atomic E-state index is 3.92. The summed E-state index contributed by atoms with van der Waals surface area (Å²) in [6.45, 7) is 4.85. The molecule has 2 saturated carbocycles. The summed E-state index contributed by atoms with van der Waals surface area (Å²) >= 11 is 0. The Labute approximate surface area is 108 Å². The van der Waals surface area contributed by atoms with Gasteiger partial charge in [0, 0.05) is 12.1 Å². The molecule has 2 aliphatic carbocycles. The van der Waals surface area contributed by atoms with Crippen LogP contribution in [0, 0.1) is 11.8 Å². The standard InChI is InChI=1S/C16H31N/c1-13(15-9-5-3-6-10-15)17-14(2)16-11-7-4-8-12-16/h13-17H,3-12H2,1-2H3/t13-,14?/m1/s1. The van der Waals surface area contributed by atoms with E-state index in [1.165, 1.54) is 64.2 Å². The van der Waals surface area contributed by atoms with Crippen LogP contribution in [0.4, 0.5) is 0 Å². The van der Waals surface area contributed by atoms with Gasteiger partial charge in [-0.25, -0.2) is 0 Å². The topological polar surface area (TPSA) is 12.0 Å². The minimum atomic E-state index is 0.743. The lowest BCUT2D eigenvalue weighted by atomic mass is 9.81. The molecule has 2 aliphatic rings. The fraction of sp³-hybridized carbons (Fsp3) is 1.00. The van der Waals surface area contributed by atoms with E-state index in [0.717, 1.165) is 23.9 Å². The largest absolute Gasteiger partial charge is 0.311 e. The van der Waals surface area contributed by atoms with Gasteiger partial charge in [-0.1, -0.05) is 38.5 Å². The normalized spacial score (nSPS) is 27.9. The highest BCUT2D eigenvalue weighted by molar-refractivity contribution is 4.82. The fourth-order valence-corrected chi connectivity index (χ4v) is 3.96. The number of nitrogens with one attached hydrogen (secondary N) is 1. The summed E-state index contributed by atoms with van der Waals surface area (Å²) < 4.78 is 0. The molecule has 2 atom stereocenters. The van der Waals surface area contributed by atoms with Crippen LogP contribution in [-0.2, 0) is 0 Å². The molecular weight excluding hydrogens is 206 g/mol. The molecular formula is C16H31N.